The van der Waals surface area contributed by atoms with E-state index in [1.165, 1.54) is 4.90 Å². The molecule has 5 atom stereocenters. The van der Waals surface area contributed by atoms with Crippen LogP contribution in [-0.2, 0) is 9.53 Å². The summed E-state index contributed by atoms with van der Waals surface area (Å²) in [6.07, 6.45) is -1.94. The summed E-state index contributed by atoms with van der Waals surface area (Å²) in [5.74, 6) is -0.701. The molecule has 6 nitrogen and oxygen atoms in total. The van der Waals surface area contributed by atoms with E-state index in [0.717, 1.165) is 10.4 Å². The summed E-state index contributed by atoms with van der Waals surface area (Å²) >= 11 is 5.82. The van der Waals surface area contributed by atoms with Gasteiger partial charge in [0.15, 0.2) is 4.93 Å². The van der Waals surface area contributed by atoms with E-state index in [2.05, 4.69) is 17.9 Å². The number of aliphatic hydroxyl groups is 1. The first kappa shape index (κ1) is 23.2. The van der Waals surface area contributed by atoms with E-state index in [-0.39, 0.29) is 25.0 Å². The Morgan fingerprint density at radius 1 is 1.34 bits per heavy atom. The molecular formula is C23H27FN2O4S2. The zero-order chi connectivity index (χ0) is 23.0. The molecule has 32 heavy (non-hydrogen) atoms. The van der Waals surface area contributed by atoms with E-state index in [4.69, 9.17) is 4.74 Å². The number of carbonyl (C=O) groups is 2. The Morgan fingerprint density at radius 2 is 2.06 bits per heavy atom. The molecule has 2 fully saturated rings. The number of benzene rings is 1. The van der Waals surface area contributed by atoms with Gasteiger partial charge in [-0.05, 0) is 41.5 Å². The topological polar surface area (TPSA) is 78.9 Å². The van der Waals surface area contributed by atoms with Crippen molar-refractivity contribution in [2.45, 2.75) is 49.6 Å². The number of hydrogen-bond donors (Lipinski definition) is 3. The first-order chi connectivity index (χ1) is 15.2. The van der Waals surface area contributed by atoms with Gasteiger partial charge in [-0.15, -0.1) is 24.0 Å². The highest BCUT2D eigenvalue weighted by atomic mass is 32.1. The van der Waals surface area contributed by atoms with Crippen molar-refractivity contribution in [2.24, 2.45) is 5.92 Å². The minimum atomic E-state index is -1.63. The Bertz CT molecular complexity index is 965. The van der Waals surface area contributed by atoms with Crippen molar-refractivity contribution in [2.75, 3.05) is 13.2 Å². The molecule has 0 saturated carbocycles. The molecule has 2 amide bonds. The van der Waals surface area contributed by atoms with Crippen LogP contribution in [0.15, 0.2) is 41.8 Å². The Morgan fingerprint density at radius 3 is 2.69 bits per heavy atom. The van der Waals surface area contributed by atoms with Crippen LogP contribution in [0.5, 0.6) is 0 Å². The molecule has 1 aromatic heterocycles. The number of thiol groups is 1. The van der Waals surface area contributed by atoms with Crippen LogP contribution in [0, 0.1) is 5.92 Å². The molecule has 172 valence electrons. The van der Waals surface area contributed by atoms with Gasteiger partial charge in [0.05, 0.1) is 13.2 Å². The van der Waals surface area contributed by atoms with Gasteiger partial charge in [-0.3, -0.25) is 9.59 Å². The quantitative estimate of drug-likeness (QED) is 0.440. The maximum atomic E-state index is 14.5. The Balaban J connectivity index is 1.51. The molecule has 4 rings (SSSR count). The first-order valence-electron chi connectivity index (χ1n) is 10.6. The van der Waals surface area contributed by atoms with E-state index in [1.54, 1.807) is 23.5 Å². The molecule has 3 heterocycles. The third-order valence-corrected chi connectivity index (χ3v) is 7.20. The molecule has 0 bridgehead atoms. The van der Waals surface area contributed by atoms with Crippen molar-refractivity contribution in [1.82, 2.24) is 10.2 Å². The third-order valence-electron chi connectivity index (χ3n) is 5.88. The summed E-state index contributed by atoms with van der Waals surface area (Å²) in [5.41, 5.74) is 1.45. The van der Waals surface area contributed by atoms with E-state index >= 15 is 0 Å². The molecule has 9 heteroatoms. The maximum Gasteiger partial charge on any atom is 0.251 e. The number of carbonyl (C=O) groups excluding carboxylic acids is 2. The summed E-state index contributed by atoms with van der Waals surface area (Å²) in [6, 6.07) is 9.42. The van der Waals surface area contributed by atoms with Crippen molar-refractivity contribution in [3.05, 3.63) is 47.3 Å². The number of amides is 2. The fourth-order valence-electron chi connectivity index (χ4n) is 4.38. The van der Waals surface area contributed by atoms with Gasteiger partial charge >= 0.3 is 0 Å². The van der Waals surface area contributed by atoms with Gasteiger partial charge in [0.2, 0.25) is 5.91 Å². The molecule has 2 aliphatic heterocycles. The predicted molar refractivity (Wildman–Crippen MR) is 125 cm³/mol. The second kappa shape index (κ2) is 9.13. The zero-order valence-electron chi connectivity index (χ0n) is 17.9. The zero-order valence-corrected chi connectivity index (χ0v) is 19.6. The number of nitrogens with zero attached hydrogens (tertiary/aromatic N) is 1. The molecule has 2 saturated heterocycles. The average Bonchev–Trinajstić information content (AvgIpc) is 3.46. The van der Waals surface area contributed by atoms with Crippen molar-refractivity contribution < 1.29 is 23.8 Å². The second-order valence-corrected chi connectivity index (χ2v) is 10.5. The number of hydrogen-bond acceptors (Lipinski definition) is 6. The Labute approximate surface area is 196 Å². The number of rotatable bonds is 6. The highest BCUT2D eigenvalue weighted by Crippen LogP contribution is 2.40. The maximum absolute atomic E-state index is 14.5. The van der Waals surface area contributed by atoms with Crippen LogP contribution in [0.4, 0.5) is 4.39 Å². The Kier molecular flexibility index (Phi) is 6.63. The number of nitrogens with one attached hydrogen (secondary N) is 1. The fraction of sp³-hybridized carbons (Fsp3) is 0.478. The standard InChI is InChI=1S/C23H27FN2O4S2/c1-13(2)10-17(22(28)26-11-16(24)19-20(26)23(29,31)12-30-19)25-21(27)15-7-5-14(6-8-15)18-4-3-9-32-18/h3-9,13,16-17,19-20,29,31H,10-12H2,1-2H3,(H,25,27)/t16-,17-,19+,20-,23+/m0/s1. The minimum Gasteiger partial charge on any atom is -0.375 e. The normalized spacial score (nSPS) is 28.1. The van der Waals surface area contributed by atoms with Crippen LogP contribution in [0.1, 0.15) is 30.6 Å². The van der Waals surface area contributed by atoms with Gasteiger partial charge in [0.25, 0.3) is 5.91 Å². The lowest BCUT2D eigenvalue weighted by Crippen LogP contribution is -2.55. The van der Waals surface area contributed by atoms with Gasteiger partial charge < -0.3 is 20.1 Å². The van der Waals surface area contributed by atoms with Crippen LogP contribution in [0.2, 0.25) is 0 Å². The molecule has 0 aliphatic carbocycles. The number of thiophene rings is 1. The second-order valence-electron chi connectivity index (χ2n) is 8.82. The highest BCUT2D eigenvalue weighted by Gasteiger charge is 2.59. The molecule has 1 aromatic carbocycles. The van der Waals surface area contributed by atoms with Gasteiger partial charge in [-0.2, -0.15) is 0 Å². The van der Waals surface area contributed by atoms with Crippen LogP contribution in [0.25, 0.3) is 10.4 Å². The summed E-state index contributed by atoms with van der Waals surface area (Å²) in [6.45, 7) is 3.53. The number of ether oxygens (including phenoxy) is 1. The van der Waals surface area contributed by atoms with Crippen LogP contribution >= 0.6 is 24.0 Å². The van der Waals surface area contributed by atoms with Gasteiger partial charge in [0, 0.05) is 10.4 Å². The van der Waals surface area contributed by atoms with E-state index in [1.807, 2.05) is 43.5 Å². The predicted octanol–water partition coefficient (Wildman–Crippen LogP) is 3.13. The molecule has 0 radical (unpaired) electrons. The fourth-order valence-corrected chi connectivity index (χ4v) is 5.48. The summed E-state index contributed by atoms with van der Waals surface area (Å²) < 4.78 is 19.8. The van der Waals surface area contributed by atoms with E-state index < -0.39 is 35.2 Å². The van der Waals surface area contributed by atoms with Crippen molar-refractivity contribution in [3.63, 3.8) is 0 Å². The molecule has 0 unspecified atom stereocenters. The molecule has 2 N–H and O–H groups in total. The monoisotopic (exact) mass is 478 g/mol. The molecular weight excluding hydrogens is 451 g/mol. The summed E-state index contributed by atoms with van der Waals surface area (Å²) in [5, 5.41) is 15.3. The first-order valence-corrected chi connectivity index (χ1v) is 12.0. The largest absolute Gasteiger partial charge is 0.375 e. The van der Waals surface area contributed by atoms with Crippen LogP contribution in [-0.4, -0.2) is 64.3 Å². The van der Waals surface area contributed by atoms with Gasteiger partial charge in [0.1, 0.15) is 24.4 Å². The number of alkyl halides is 1. The minimum absolute atomic E-state index is 0.111. The smallest absolute Gasteiger partial charge is 0.251 e. The van der Waals surface area contributed by atoms with E-state index in [0.29, 0.717) is 12.0 Å². The number of likely N-dealkylation sites (tertiary alicyclic amines) is 1. The SMILES string of the molecule is CC(C)C[C@H](NC(=O)c1ccc(-c2cccs2)cc1)C(=O)N1C[C@H](F)[C@H]2OC[C@@](O)(S)[C@H]21. The molecule has 2 aliphatic rings. The lowest BCUT2D eigenvalue weighted by atomic mass is 10.0. The summed E-state index contributed by atoms with van der Waals surface area (Å²) in [7, 11) is 0. The third kappa shape index (κ3) is 4.57. The lowest BCUT2D eigenvalue weighted by molar-refractivity contribution is -0.136. The van der Waals surface area contributed by atoms with Gasteiger partial charge in [-0.25, -0.2) is 4.39 Å². The van der Waals surface area contributed by atoms with Gasteiger partial charge in [-0.1, -0.05) is 32.0 Å². The van der Waals surface area contributed by atoms with Crippen molar-refractivity contribution >= 4 is 35.8 Å². The molecule has 2 aromatic rings. The molecule has 0 spiro atoms. The van der Waals surface area contributed by atoms with Crippen molar-refractivity contribution in [3.8, 4) is 10.4 Å². The van der Waals surface area contributed by atoms with Crippen molar-refractivity contribution in [1.29, 1.82) is 0 Å². The van der Waals surface area contributed by atoms with E-state index in [9.17, 15) is 19.1 Å². The number of halogens is 1. The number of fused-ring (bicyclic) bond motifs is 1. The van der Waals surface area contributed by atoms with Crippen LogP contribution < -0.4 is 5.32 Å². The average molecular weight is 479 g/mol. The van der Waals surface area contributed by atoms with Crippen LogP contribution in [0.3, 0.4) is 0 Å². The lowest BCUT2D eigenvalue weighted by Gasteiger charge is -2.33. The highest BCUT2D eigenvalue weighted by molar-refractivity contribution is 7.81. The Hall–Kier alpha value is -1.94. The summed E-state index contributed by atoms with van der Waals surface area (Å²) in [4.78, 5) is 27.1.